The Bertz CT molecular complexity index is 495. The highest BCUT2D eigenvalue weighted by Gasteiger charge is 2.16. The van der Waals surface area contributed by atoms with E-state index in [-0.39, 0.29) is 5.91 Å². The summed E-state index contributed by atoms with van der Waals surface area (Å²) in [5.74, 6) is 1.05. The fraction of sp³-hybridized carbons (Fsp3) is 0.588. The average Bonchev–Trinajstić information content (AvgIpc) is 2.46. The third-order valence-electron chi connectivity index (χ3n) is 3.94. The number of carbonyl (C=O) groups is 1. The van der Waals surface area contributed by atoms with Gasteiger partial charge in [-0.15, -0.1) is 0 Å². The number of hydrogen-bond donors (Lipinski definition) is 1. The molecule has 0 aliphatic heterocycles. The fourth-order valence-electron chi connectivity index (χ4n) is 2.81. The molecule has 1 aliphatic rings. The Morgan fingerprint density at radius 3 is 2.76 bits per heavy atom. The van der Waals surface area contributed by atoms with Crippen molar-refractivity contribution in [3.63, 3.8) is 0 Å². The molecule has 4 heteroatoms. The van der Waals surface area contributed by atoms with Gasteiger partial charge in [-0.05, 0) is 25.3 Å². The molecule has 0 bridgehead atoms. The van der Waals surface area contributed by atoms with Gasteiger partial charge in [0.15, 0.2) is 0 Å². The van der Waals surface area contributed by atoms with Gasteiger partial charge >= 0.3 is 0 Å². The minimum atomic E-state index is -0.967. The number of benzene rings is 1. The van der Waals surface area contributed by atoms with Crippen LogP contribution in [0.2, 0.25) is 0 Å². The quantitative estimate of drug-likeness (QED) is 0.878. The Morgan fingerprint density at radius 2 is 2.05 bits per heavy atom. The Labute approximate surface area is 130 Å². The van der Waals surface area contributed by atoms with Gasteiger partial charge in [-0.25, -0.2) is 0 Å². The molecule has 1 unspecified atom stereocenters. The molecule has 1 aromatic rings. The minimum Gasteiger partial charge on any atom is -0.353 e. The summed E-state index contributed by atoms with van der Waals surface area (Å²) in [4.78, 5) is 11.9. The van der Waals surface area contributed by atoms with Crippen LogP contribution >= 0.6 is 0 Å². The summed E-state index contributed by atoms with van der Waals surface area (Å²) in [6.45, 7) is 2.03. The molecule has 0 saturated heterocycles. The van der Waals surface area contributed by atoms with Crippen molar-refractivity contribution in [1.29, 1.82) is 0 Å². The van der Waals surface area contributed by atoms with Gasteiger partial charge in [-0.1, -0.05) is 49.1 Å². The summed E-state index contributed by atoms with van der Waals surface area (Å²) < 4.78 is 12.1. The van der Waals surface area contributed by atoms with Gasteiger partial charge in [0.1, 0.15) is 0 Å². The van der Waals surface area contributed by atoms with Crippen molar-refractivity contribution in [3.05, 3.63) is 35.4 Å². The van der Waals surface area contributed by atoms with E-state index in [1.807, 2.05) is 25.1 Å². The number of hydrogen-bond acceptors (Lipinski definition) is 2. The van der Waals surface area contributed by atoms with Crippen LogP contribution in [-0.2, 0) is 21.3 Å². The van der Waals surface area contributed by atoms with Crippen LogP contribution < -0.4 is 5.32 Å². The Balaban J connectivity index is 1.69. The zero-order valence-electron chi connectivity index (χ0n) is 12.8. The lowest BCUT2D eigenvalue weighted by Crippen LogP contribution is -2.36. The molecule has 0 heterocycles. The van der Waals surface area contributed by atoms with Gasteiger partial charge in [0, 0.05) is 34.8 Å². The molecule has 116 valence electrons. The summed E-state index contributed by atoms with van der Waals surface area (Å²) in [6.07, 6.45) is 6.27. The first-order valence-corrected chi connectivity index (χ1v) is 9.32. The van der Waals surface area contributed by atoms with Crippen molar-refractivity contribution in [3.8, 4) is 0 Å². The molecule has 1 aromatic carbocycles. The van der Waals surface area contributed by atoms with E-state index in [4.69, 9.17) is 0 Å². The standard InChI is InChI=1S/C17H25NO2S/c1-14-6-5-7-15(12-14)13-21(20)11-10-17(19)18-16-8-3-2-4-9-16/h5-7,12,16H,2-4,8-11,13H2,1H3,(H,18,19). The van der Waals surface area contributed by atoms with Gasteiger partial charge in [-0.2, -0.15) is 0 Å². The largest absolute Gasteiger partial charge is 0.353 e. The molecule has 1 amide bonds. The van der Waals surface area contributed by atoms with Crippen LogP contribution in [0.4, 0.5) is 0 Å². The van der Waals surface area contributed by atoms with E-state index in [1.165, 1.54) is 24.8 Å². The zero-order valence-corrected chi connectivity index (χ0v) is 13.6. The molecule has 2 rings (SSSR count). The molecule has 0 spiro atoms. The SMILES string of the molecule is Cc1cccc(CS(=O)CCC(=O)NC2CCCCC2)c1. The van der Waals surface area contributed by atoms with E-state index >= 15 is 0 Å². The first-order valence-electron chi connectivity index (χ1n) is 7.83. The lowest BCUT2D eigenvalue weighted by Gasteiger charge is -2.22. The molecule has 0 radical (unpaired) electrons. The van der Waals surface area contributed by atoms with Crippen molar-refractivity contribution < 1.29 is 9.00 Å². The van der Waals surface area contributed by atoms with E-state index in [0.717, 1.165) is 18.4 Å². The lowest BCUT2D eigenvalue weighted by atomic mass is 9.95. The van der Waals surface area contributed by atoms with Crippen LogP contribution in [0.3, 0.4) is 0 Å². The first kappa shape index (κ1) is 16.2. The first-order chi connectivity index (χ1) is 10.1. The maximum absolute atomic E-state index is 12.1. The van der Waals surface area contributed by atoms with Crippen molar-refractivity contribution in [1.82, 2.24) is 5.32 Å². The summed E-state index contributed by atoms with van der Waals surface area (Å²) >= 11 is 0. The second-order valence-electron chi connectivity index (χ2n) is 5.93. The average molecular weight is 307 g/mol. The minimum absolute atomic E-state index is 0.0551. The highest BCUT2D eigenvalue weighted by atomic mass is 32.2. The molecule has 21 heavy (non-hydrogen) atoms. The summed E-state index contributed by atoms with van der Waals surface area (Å²) in [5, 5.41) is 3.07. The predicted octanol–water partition coefficient (Wildman–Crippen LogP) is 3.08. The number of amides is 1. The summed E-state index contributed by atoms with van der Waals surface area (Å²) in [6, 6.07) is 8.41. The van der Waals surface area contributed by atoms with Crippen molar-refractivity contribution in [2.75, 3.05) is 5.75 Å². The number of aryl methyl sites for hydroxylation is 1. The van der Waals surface area contributed by atoms with Crippen molar-refractivity contribution in [2.45, 2.75) is 57.2 Å². The van der Waals surface area contributed by atoms with Crippen LogP contribution in [0.1, 0.15) is 49.7 Å². The van der Waals surface area contributed by atoms with Gasteiger partial charge in [0.05, 0.1) is 0 Å². The monoisotopic (exact) mass is 307 g/mol. The maximum atomic E-state index is 12.1. The smallest absolute Gasteiger partial charge is 0.221 e. The normalized spacial score (nSPS) is 17.4. The molecule has 1 fully saturated rings. The second kappa shape index (κ2) is 8.32. The van der Waals surface area contributed by atoms with E-state index in [9.17, 15) is 9.00 Å². The number of nitrogens with one attached hydrogen (secondary N) is 1. The van der Waals surface area contributed by atoms with Crippen LogP contribution in [0, 0.1) is 6.92 Å². The third-order valence-corrected chi connectivity index (χ3v) is 5.25. The molecular weight excluding hydrogens is 282 g/mol. The van der Waals surface area contributed by atoms with Crippen LogP contribution in [0.25, 0.3) is 0 Å². The van der Waals surface area contributed by atoms with Crippen LogP contribution in [0.5, 0.6) is 0 Å². The summed E-state index contributed by atoms with van der Waals surface area (Å²) in [5.41, 5.74) is 2.26. The Hall–Kier alpha value is -1.16. The fourth-order valence-corrected chi connectivity index (χ4v) is 3.92. The summed E-state index contributed by atoms with van der Waals surface area (Å²) in [7, 11) is -0.967. The topological polar surface area (TPSA) is 46.2 Å². The number of rotatable bonds is 6. The molecule has 1 atom stereocenters. The molecule has 1 aliphatic carbocycles. The molecule has 3 nitrogen and oxygen atoms in total. The Morgan fingerprint density at radius 1 is 1.29 bits per heavy atom. The molecule has 0 aromatic heterocycles. The third kappa shape index (κ3) is 6.00. The van der Waals surface area contributed by atoms with Gasteiger partial charge in [-0.3, -0.25) is 9.00 Å². The van der Waals surface area contributed by atoms with Crippen LogP contribution in [0.15, 0.2) is 24.3 Å². The van der Waals surface area contributed by atoms with E-state index in [2.05, 4.69) is 11.4 Å². The van der Waals surface area contributed by atoms with E-state index < -0.39 is 10.8 Å². The molecular formula is C17H25NO2S. The second-order valence-corrected chi connectivity index (χ2v) is 7.51. The highest BCUT2D eigenvalue weighted by molar-refractivity contribution is 7.84. The van der Waals surface area contributed by atoms with Crippen LogP contribution in [-0.4, -0.2) is 21.9 Å². The van der Waals surface area contributed by atoms with Gasteiger partial charge in [0.25, 0.3) is 0 Å². The van der Waals surface area contributed by atoms with E-state index in [0.29, 0.717) is 24.0 Å². The van der Waals surface area contributed by atoms with Crippen molar-refractivity contribution >= 4 is 16.7 Å². The van der Waals surface area contributed by atoms with Crippen molar-refractivity contribution in [2.24, 2.45) is 0 Å². The van der Waals surface area contributed by atoms with Gasteiger partial charge in [0.2, 0.25) is 5.91 Å². The number of carbonyl (C=O) groups excluding carboxylic acids is 1. The highest BCUT2D eigenvalue weighted by Crippen LogP contribution is 2.17. The molecule has 1 N–H and O–H groups in total. The molecule has 1 saturated carbocycles. The van der Waals surface area contributed by atoms with Gasteiger partial charge < -0.3 is 5.32 Å². The zero-order chi connectivity index (χ0) is 15.1. The van der Waals surface area contributed by atoms with E-state index in [1.54, 1.807) is 0 Å². The predicted molar refractivity (Wildman–Crippen MR) is 87.5 cm³/mol. The Kier molecular flexibility index (Phi) is 6.43. The lowest BCUT2D eigenvalue weighted by molar-refractivity contribution is -0.121. The maximum Gasteiger partial charge on any atom is 0.221 e.